The van der Waals surface area contributed by atoms with Crippen molar-refractivity contribution in [2.45, 2.75) is 26.4 Å². The summed E-state index contributed by atoms with van der Waals surface area (Å²) < 4.78 is 7.08. The number of aromatic nitrogens is 3. The Morgan fingerprint density at radius 3 is 2.40 bits per heavy atom. The van der Waals surface area contributed by atoms with Crippen LogP contribution in [-0.2, 0) is 24.2 Å². The van der Waals surface area contributed by atoms with Gasteiger partial charge in [-0.3, -0.25) is 14.5 Å². The van der Waals surface area contributed by atoms with Gasteiger partial charge in [0.2, 0.25) is 0 Å². The van der Waals surface area contributed by atoms with E-state index in [9.17, 15) is 9.59 Å². The third kappa shape index (κ3) is 4.71. The molecule has 5 rings (SSSR count). The molecule has 1 aliphatic rings. The number of nitrogens with zero attached hydrogens (tertiary/aromatic N) is 4. The molecule has 0 unspecified atom stereocenters. The molecule has 4 aromatic rings. The van der Waals surface area contributed by atoms with Crippen LogP contribution in [0, 0.1) is 0 Å². The highest BCUT2D eigenvalue weighted by atomic mass is 16.5. The van der Waals surface area contributed by atoms with Gasteiger partial charge < -0.3 is 9.64 Å². The van der Waals surface area contributed by atoms with Gasteiger partial charge in [-0.2, -0.15) is 5.10 Å². The van der Waals surface area contributed by atoms with Crippen LogP contribution in [0.15, 0.2) is 79.0 Å². The lowest BCUT2D eigenvalue weighted by atomic mass is 10.0. The van der Waals surface area contributed by atoms with E-state index in [1.54, 1.807) is 18.0 Å². The number of rotatable bonds is 6. The van der Waals surface area contributed by atoms with E-state index in [0.29, 0.717) is 31.6 Å². The molecule has 0 atom stereocenters. The van der Waals surface area contributed by atoms with Crippen molar-refractivity contribution in [2.24, 2.45) is 0 Å². The number of carbonyl (C=O) groups excluding carboxylic acids is 2. The summed E-state index contributed by atoms with van der Waals surface area (Å²) in [5.41, 5.74) is 5.60. The molecule has 1 aliphatic heterocycles. The molecule has 0 radical (unpaired) electrons. The Kier molecular flexibility index (Phi) is 6.39. The lowest BCUT2D eigenvalue weighted by Crippen LogP contribution is -2.36. The molecule has 35 heavy (non-hydrogen) atoms. The monoisotopic (exact) mass is 466 g/mol. The second-order valence-electron chi connectivity index (χ2n) is 8.39. The molecule has 3 heterocycles. The fourth-order valence-corrected chi connectivity index (χ4v) is 4.42. The first-order valence-electron chi connectivity index (χ1n) is 11.7. The maximum Gasteiger partial charge on any atom is 0.359 e. The van der Waals surface area contributed by atoms with Crippen LogP contribution in [0.3, 0.4) is 0 Å². The topological polar surface area (TPSA) is 77.3 Å². The van der Waals surface area contributed by atoms with Gasteiger partial charge in [-0.25, -0.2) is 4.79 Å². The molecule has 1 amide bonds. The van der Waals surface area contributed by atoms with E-state index < -0.39 is 5.97 Å². The van der Waals surface area contributed by atoms with Gasteiger partial charge in [-0.05, 0) is 42.3 Å². The second kappa shape index (κ2) is 9.93. The van der Waals surface area contributed by atoms with E-state index in [1.807, 2.05) is 77.5 Å². The quantitative estimate of drug-likeness (QED) is 0.395. The number of benzene rings is 2. The summed E-state index contributed by atoms with van der Waals surface area (Å²) in [6.07, 6.45) is 2.34. The largest absolute Gasteiger partial charge is 0.461 e. The number of hydrogen-bond acceptors (Lipinski definition) is 5. The molecule has 0 spiro atoms. The first kappa shape index (κ1) is 22.5. The summed E-state index contributed by atoms with van der Waals surface area (Å²) in [6, 6.07) is 23.4. The van der Waals surface area contributed by atoms with E-state index in [0.717, 1.165) is 28.1 Å². The Hall–Kier alpha value is -4.26. The van der Waals surface area contributed by atoms with Crippen molar-refractivity contribution in [3.63, 3.8) is 0 Å². The number of hydrogen-bond donors (Lipinski definition) is 0. The summed E-state index contributed by atoms with van der Waals surface area (Å²) in [6.45, 7) is 3.34. The third-order valence-corrected chi connectivity index (χ3v) is 6.17. The number of amides is 1. The van der Waals surface area contributed by atoms with Gasteiger partial charge in [-0.1, -0.05) is 48.5 Å². The lowest BCUT2D eigenvalue weighted by molar-refractivity contribution is 0.0513. The summed E-state index contributed by atoms with van der Waals surface area (Å²) in [4.78, 5) is 32.2. The predicted molar refractivity (Wildman–Crippen MR) is 132 cm³/mol. The minimum Gasteiger partial charge on any atom is -0.461 e. The highest BCUT2D eigenvalue weighted by Gasteiger charge is 2.31. The Morgan fingerprint density at radius 1 is 0.943 bits per heavy atom. The summed E-state index contributed by atoms with van der Waals surface area (Å²) in [5.74, 6) is -0.535. The van der Waals surface area contributed by atoms with Gasteiger partial charge in [0, 0.05) is 36.0 Å². The molecule has 0 saturated heterocycles. The molecule has 0 bridgehead atoms. The normalized spacial score (nSPS) is 12.8. The molecule has 2 aromatic carbocycles. The van der Waals surface area contributed by atoms with E-state index >= 15 is 0 Å². The first-order valence-corrected chi connectivity index (χ1v) is 11.7. The predicted octanol–water partition coefficient (Wildman–Crippen LogP) is 4.37. The van der Waals surface area contributed by atoms with Crippen molar-refractivity contribution in [1.82, 2.24) is 19.7 Å². The Bertz CT molecular complexity index is 1330. The van der Waals surface area contributed by atoms with Gasteiger partial charge in [0.25, 0.3) is 5.91 Å². The number of carbonyl (C=O) groups is 2. The van der Waals surface area contributed by atoms with Crippen molar-refractivity contribution < 1.29 is 14.3 Å². The van der Waals surface area contributed by atoms with Crippen LogP contribution in [0.25, 0.3) is 11.1 Å². The molecule has 7 nitrogen and oxygen atoms in total. The number of pyridine rings is 1. The average Bonchev–Trinajstić information content (AvgIpc) is 3.27. The fourth-order valence-electron chi connectivity index (χ4n) is 4.42. The van der Waals surface area contributed by atoms with Crippen LogP contribution in [-0.4, -0.2) is 44.7 Å². The van der Waals surface area contributed by atoms with Crippen molar-refractivity contribution in [3.8, 4) is 11.1 Å². The first-order chi connectivity index (χ1) is 17.1. The van der Waals surface area contributed by atoms with E-state index in [2.05, 4.69) is 10.1 Å². The van der Waals surface area contributed by atoms with Crippen LogP contribution in [0.4, 0.5) is 0 Å². The molecule has 0 N–H and O–H groups in total. The Balaban J connectivity index is 1.40. The van der Waals surface area contributed by atoms with Gasteiger partial charge in [0.1, 0.15) is 0 Å². The zero-order chi connectivity index (χ0) is 24.2. The highest BCUT2D eigenvalue weighted by molar-refractivity contribution is 5.95. The zero-order valence-corrected chi connectivity index (χ0v) is 19.6. The van der Waals surface area contributed by atoms with E-state index in [4.69, 9.17) is 4.74 Å². The molecular weight excluding hydrogens is 440 g/mol. The van der Waals surface area contributed by atoms with Crippen LogP contribution in [0.2, 0.25) is 0 Å². The van der Waals surface area contributed by atoms with E-state index in [1.165, 1.54) is 0 Å². The minimum absolute atomic E-state index is 0.0671. The molecule has 2 aromatic heterocycles. The van der Waals surface area contributed by atoms with Crippen LogP contribution >= 0.6 is 0 Å². The third-order valence-electron chi connectivity index (χ3n) is 6.17. The number of ether oxygens (including phenoxy) is 1. The van der Waals surface area contributed by atoms with Gasteiger partial charge in [0.05, 0.1) is 25.4 Å². The molecule has 0 aliphatic carbocycles. The maximum absolute atomic E-state index is 13.3. The van der Waals surface area contributed by atoms with Crippen LogP contribution in [0.5, 0.6) is 0 Å². The second-order valence-corrected chi connectivity index (χ2v) is 8.39. The molecule has 7 heteroatoms. The van der Waals surface area contributed by atoms with Crippen LogP contribution < -0.4 is 0 Å². The van der Waals surface area contributed by atoms with Gasteiger partial charge in [0.15, 0.2) is 5.69 Å². The standard InChI is InChI=1S/C28H26N4O3/c1-2-35-28(34)26-24-19-31(17-15-25(24)32(30-26)18-23-10-6-7-16-29-23)27(33)22-13-11-21(12-14-22)20-8-4-3-5-9-20/h3-14,16H,2,15,17-19H2,1H3. The minimum atomic E-state index is -0.468. The van der Waals surface area contributed by atoms with Crippen LogP contribution in [0.1, 0.15) is 44.7 Å². The fraction of sp³-hybridized carbons (Fsp3) is 0.214. The SMILES string of the molecule is CCOC(=O)c1nn(Cc2ccccn2)c2c1CN(C(=O)c1ccc(-c3ccccc3)cc1)CC2. The smallest absolute Gasteiger partial charge is 0.359 e. The molecule has 0 saturated carbocycles. The van der Waals surface area contributed by atoms with Crippen molar-refractivity contribution in [1.29, 1.82) is 0 Å². The summed E-state index contributed by atoms with van der Waals surface area (Å²) >= 11 is 0. The van der Waals surface area contributed by atoms with E-state index in [-0.39, 0.29) is 18.2 Å². The zero-order valence-electron chi connectivity index (χ0n) is 19.6. The van der Waals surface area contributed by atoms with Crippen molar-refractivity contribution >= 4 is 11.9 Å². The summed E-state index contributed by atoms with van der Waals surface area (Å²) in [5, 5.41) is 4.58. The van der Waals surface area contributed by atoms with Gasteiger partial charge >= 0.3 is 5.97 Å². The molecular formula is C28H26N4O3. The lowest BCUT2D eigenvalue weighted by Gasteiger charge is -2.28. The number of fused-ring (bicyclic) bond motifs is 1. The highest BCUT2D eigenvalue weighted by Crippen LogP contribution is 2.26. The van der Waals surface area contributed by atoms with Crippen molar-refractivity contribution in [2.75, 3.05) is 13.2 Å². The molecule has 0 fully saturated rings. The van der Waals surface area contributed by atoms with Gasteiger partial charge in [-0.15, -0.1) is 0 Å². The van der Waals surface area contributed by atoms with Crippen molar-refractivity contribution in [3.05, 3.63) is 107 Å². The Morgan fingerprint density at radius 2 is 1.69 bits per heavy atom. The Labute approximate surface area is 204 Å². The number of esters is 1. The maximum atomic E-state index is 13.3. The average molecular weight is 467 g/mol. The summed E-state index contributed by atoms with van der Waals surface area (Å²) in [7, 11) is 0. The molecule has 176 valence electrons.